The summed E-state index contributed by atoms with van der Waals surface area (Å²) in [6.07, 6.45) is -3.75. The van der Waals surface area contributed by atoms with Gasteiger partial charge in [-0.2, -0.15) is 13.2 Å². The van der Waals surface area contributed by atoms with Gasteiger partial charge in [0, 0.05) is 23.2 Å². The summed E-state index contributed by atoms with van der Waals surface area (Å²) in [5.74, 6) is 0.181. The Labute approximate surface area is 150 Å². The van der Waals surface area contributed by atoms with Gasteiger partial charge >= 0.3 is 6.18 Å². The molecule has 1 heterocycles. The molecular formula is C15H16ClF3N3O2S-. The zero-order chi connectivity index (χ0) is 19.2. The third-order valence-electron chi connectivity index (χ3n) is 3.03. The number of nitrogens with one attached hydrogen (secondary N) is 1. The van der Waals surface area contributed by atoms with Gasteiger partial charge in [-0.3, -0.25) is 9.35 Å². The molecule has 1 aromatic carbocycles. The second-order valence-corrected chi connectivity index (χ2v) is 6.09. The molecule has 0 spiro atoms. The zero-order valence-corrected chi connectivity index (χ0v) is 14.9. The lowest BCUT2D eigenvalue weighted by atomic mass is 10.0. The molecule has 1 atom stereocenters. The van der Waals surface area contributed by atoms with Crippen molar-refractivity contribution in [1.82, 2.24) is 4.98 Å². The van der Waals surface area contributed by atoms with Gasteiger partial charge in [-0.15, -0.1) is 0 Å². The zero-order valence-electron chi connectivity index (χ0n) is 13.3. The Kier molecular flexibility index (Phi) is 7.81. The second kappa shape index (κ2) is 9.14. The molecule has 25 heavy (non-hydrogen) atoms. The standard InChI is InChI=1S/C15H14ClF3N2.H3NO2S/c1-9(2)10-5-3-4-6-12(10)21-13-7-14(16)20-8-11(13)15(17,18)19;1-4(2)3/h3-9H,1-2H3,(H,20,21);1H2,(H,2,3)/p-1. The molecule has 0 aliphatic rings. The SMILES string of the molecule is CC(C)c1ccccc1Nc1cc(Cl)ncc1C(F)(F)F.NS(=O)[O-]. The highest BCUT2D eigenvalue weighted by atomic mass is 35.5. The molecule has 0 bridgehead atoms. The van der Waals surface area contributed by atoms with Gasteiger partial charge in [0.05, 0.1) is 11.3 Å². The van der Waals surface area contributed by atoms with Gasteiger partial charge in [0.2, 0.25) is 0 Å². The number of nitrogens with zero attached hydrogens (tertiary/aromatic N) is 1. The largest absolute Gasteiger partial charge is 0.760 e. The summed E-state index contributed by atoms with van der Waals surface area (Å²) in [5, 5.41) is 6.86. The van der Waals surface area contributed by atoms with Crippen LogP contribution in [-0.2, 0) is 17.4 Å². The molecule has 2 aromatic rings. The molecular weight excluding hydrogens is 379 g/mol. The first-order valence-corrected chi connectivity index (χ1v) is 8.46. The van der Waals surface area contributed by atoms with E-state index in [0.717, 1.165) is 11.8 Å². The van der Waals surface area contributed by atoms with Crippen LogP contribution in [0.2, 0.25) is 5.15 Å². The van der Waals surface area contributed by atoms with E-state index in [9.17, 15) is 13.2 Å². The Morgan fingerprint density at radius 1 is 1.28 bits per heavy atom. The highest BCUT2D eigenvalue weighted by Crippen LogP contribution is 2.37. The summed E-state index contributed by atoms with van der Waals surface area (Å²) < 4.78 is 56.6. The molecule has 5 nitrogen and oxygen atoms in total. The van der Waals surface area contributed by atoms with Crippen LogP contribution in [-0.4, -0.2) is 13.7 Å². The van der Waals surface area contributed by atoms with Gasteiger partial charge in [-0.1, -0.05) is 43.6 Å². The summed E-state index contributed by atoms with van der Waals surface area (Å²) in [7, 11) is 0. The number of para-hydroxylation sites is 1. The molecule has 0 fully saturated rings. The van der Waals surface area contributed by atoms with Crippen molar-refractivity contribution in [2.24, 2.45) is 5.14 Å². The van der Waals surface area contributed by atoms with Crippen molar-refractivity contribution in [3.05, 3.63) is 52.8 Å². The van der Waals surface area contributed by atoms with Crippen LogP contribution in [0.25, 0.3) is 0 Å². The normalized spacial score (nSPS) is 12.4. The van der Waals surface area contributed by atoms with Crippen molar-refractivity contribution in [3.63, 3.8) is 0 Å². The molecule has 3 N–H and O–H groups in total. The molecule has 0 aliphatic carbocycles. The van der Waals surface area contributed by atoms with Crippen molar-refractivity contribution in [1.29, 1.82) is 0 Å². The summed E-state index contributed by atoms with van der Waals surface area (Å²) in [5.41, 5.74) is 0.611. The van der Waals surface area contributed by atoms with Gasteiger partial charge in [-0.25, -0.2) is 4.98 Å². The van der Waals surface area contributed by atoms with Crippen LogP contribution in [0.5, 0.6) is 0 Å². The lowest BCUT2D eigenvalue weighted by Crippen LogP contribution is -2.10. The summed E-state index contributed by atoms with van der Waals surface area (Å²) in [6, 6.07) is 8.42. The van der Waals surface area contributed by atoms with E-state index in [0.29, 0.717) is 5.69 Å². The fraction of sp³-hybridized carbons (Fsp3) is 0.267. The second-order valence-electron chi connectivity index (χ2n) is 5.18. The van der Waals surface area contributed by atoms with Crippen molar-refractivity contribution < 1.29 is 21.9 Å². The Balaban J connectivity index is 0.000000705. The fourth-order valence-electron chi connectivity index (χ4n) is 2.02. The highest BCUT2D eigenvalue weighted by molar-refractivity contribution is 7.76. The van der Waals surface area contributed by atoms with Crippen LogP contribution in [0, 0.1) is 0 Å². The van der Waals surface area contributed by atoms with E-state index in [1.807, 2.05) is 26.0 Å². The maximum atomic E-state index is 13.0. The van der Waals surface area contributed by atoms with E-state index < -0.39 is 23.0 Å². The topological polar surface area (TPSA) is 91.1 Å². The average molecular weight is 395 g/mol. The summed E-state index contributed by atoms with van der Waals surface area (Å²) >= 11 is 3.36. The molecule has 0 saturated carbocycles. The predicted molar refractivity (Wildman–Crippen MR) is 91.2 cm³/mol. The Hall–Kier alpha value is -1.68. The molecule has 0 aliphatic heterocycles. The monoisotopic (exact) mass is 394 g/mol. The highest BCUT2D eigenvalue weighted by Gasteiger charge is 2.34. The number of hydrogen-bond donors (Lipinski definition) is 2. The maximum absolute atomic E-state index is 13.0. The number of pyridine rings is 1. The van der Waals surface area contributed by atoms with Gasteiger partial charge < -0.3 is 9.87 Å². The van der Waals surface area contributed by atoms with Crippen LogP contribution in [0.4, 0.5) is 24.5 Å². The molecule has 1 unspecified atom stereocenters. The van der Waals surface area contributed by atoms with Crippen molar-refractivity contribution in [2.45, 2.75) is 25.9 Å². The first-order valence-electron chi connectivity index (χ1n) is 6.94. The van der Waals surface area contributed by atoms with E-state index in [-0.39, 0.29) is 16.8 Å². The molecule has 1 aromatic heterocycles. The number of aromatic nitrogens is 1. The fourth-order valence-corrected chi connectivity index (χ4v) is 2.18. The maximum Gasteiger partial charge on any atom is 0.419 e. The van der Waals surface area contributed by atoms with Crippen LogP contribution in [0.1, 0.15) is 30.9 Å². The quantitative estimate of drug-likeness (QED) is 0.597. The van der Waals surface area contributed by atoms with E-state index in [1.165, 1.54) is 6.07 Å². The lowest BCUT2D eigenvalue weighted by molar-refractivity contribution is -0.137. The lowest BCUT2D eigenvalue weighted by Gasteiger charge is -2.18. The van der Waals surface area contributed by atoms with Crippen LogP contribution in [0.3, 0.4) is 0 Å². The minimum absolute atomic E-state index is 0.00697. The van der Waals surface area contributed by atoms with E-state index in [4.69, 9.17) is 20.4 Å². The first kappa shape index (κ1) is 21.4. The van der Waals surface area contributed by atoms with E-state index >= 15 is 0 Å². The summed E-state index contributed by atoms with van der Waals surface area (Å²) in [4.78, 5) is 3.51. The Morgan fingerprint density at radius 3 is 2.36 bits per heavy atom. The van der Waals surface area contributed by atoms with Crippen molar-refractivity contribution >= 4 is 34.2 Å². The van der Waals surface area contributed by atoms with Crippen LogP contribution >= 0.6 is 11.6 Å². The summed E-state index contributed by atoms with van der Waals surface area (Å²) in [6.45, 7) is 3.95. The molecule has 0 amide bonds. The Morgan fingerprint density at radius 2 is 1.84 bits per heavy atom. The molecule has 138 valence electrons. The molecule has 2 rings (SSSR count). The number of halogens is 4. The molecule has 0 radical (unpaired) electrons. The van der Waals surface area contributed by atoms with E-state index in [2.05, 4.69) is 15.4 Å². The van der Waals surface area contributed by atoms with Gasteiger partial charge in [0.15, 0.2) is 0 Å². The van der Waals surface area contributed by atoms with Gasteiger partial charge in [0.1, 0.15) is 5.15 Å². The number of hydrogen-bond acceptors (Lipinski definition) is 4. The molecule has 0 saturated heterocycles. The minimum atomic E-state index is -4.49. The number of anilines is 2. The molecule has 10 heteroatoms. The minimum Gasteiger partial charge on any atom is -0.760 e. The number of nitrogens with two attached hydrogens (primary N) is 1. The van der Waals surface area contributed by atoms with Gasteiger partial charge in [-0.05, 0) is 23.6 Å². The Bertz CT molecular complexity index is 738. The average Bonchev–Trinajstić information content (AvgIpc) is 2.45. The predicted octanol–water partition coefficient (Wildman–Crippen LogP) is 4.36. The number of alkyl halides is 3. The number of rotatable bonds is 3. The van der Waals surface area contributed by atoms with E-state index in [1.54, 1.807) is 12.1 Å². The van der Waals surface area contributed by atoms with Crippen molar-refractivity contribution in [2.75, 3.05) is 5.32 Å². The third kappa shape index (κ3) is 6.99. The van der Waals surface area contributed by atoms with Crippen LogP contribution < -0.4 is 10.5 Å². The van der Waals surface area contributed by atoms with Gasteiger partial charge in [0.25, 0.3) is 0 Å². The smallest absolute Gasteiger partial charge is 0.419 e. The van der Waals surface area contributed by atoms with Crippen molar-refractivity contribution in [3.8, 4) is 0 Å². The first-order chi connectivity index (χ1) is 11.5. The third-order valence-corrected chi connectivity index (χ3v) is 3.23. The number of benzene rings is 1. The van der Waals surface area contributed by atoms with Crippen LogP contribution in [0.15, 0.2) is 36.5 Å².